The maximum atomic E-state index is 12.3. The van der Waals surface area contributed by atoms with Gasteiger partial charge in [-0.2, -0.15) is 0 Å². The summed E-state index contributed by atoms with van der Waals surface area (Å²) in [4.78, 5) is 21.6. The van der Waals surface area contributed by atoms with Gasteiger partial charge in [-0.15, -0.1) is 0 Å². The van der Waals surface area contributed by atoms with Gasteiger partial charge in [-0.3, -0.25) is 4.79 Å². The summed E-state index contributed by atoms with van der Waals surface area (Å²) in [6.45, 7) is 4.05. The largest absolute Gasteiger partial charge is 0.457 e. The molecule has 2 aliphatic rings. The fourth-order valence-electron chi connectivity index (χ4n) is 3.79. The molecule has 152 valence electrons. The van der Waals surface area contributed by atoms with Crippen molar-refractivity contribution in [1.29, 1.82) is 0 Å². The number of likely N-dealkylation sites (N-methyl/N-ethyl adjacent to an activating group) is 1. The van der Waals surface area contributed by atoms with Crippen molar-refractivity contribution in [3.05, 3.63) is 65.0 Å². The standard InChI is InChI=1S/C23H21ClN4O2/c1-27-8-10-28(11-9-27)22-7-2-15(14-25-22)21-6-4-17(30-21)13-19-18-12-16(24)3-5-20(18)26-23(19)29/h2-7,12-14H,8-11H2,1H3,(H,26,29). The lowest BCUT2D eigenvalue weighted by Crippen LogP contribution is -2.44. The van der Waals surface area contributed by atoms with Crippen molar-refractivity contribution < 1.29 is 9.21 Å². The summed E-state index contributed by atoms with van der Waals surface area (Å²) in [7, 11) is 2.14. The Morgan fingerprint density at radius 1 is 1.10 bits per heavy atom. The van der Waals surface area contributed by atoms with E-state index in [9.17, 15) is 4.79 Å². The summed E-state index contributed by atoms with van der Waals surface area (Å²) in [6.07, 6.45) is 3.58. The minimum atomic E-state index is -0.164. The summed E-state index contributed by atoms with van der Waals surface area (Å²) in [5, 5.41) is 3.43. The number of benzene rings is 1. The van der Waals surface area contributed by atoms with Crippen LogP contribution >= 0.6 is 11.6 Å². The number of nitrogens with zero attached hydrogens (tertiary/aromatic N) is 3. The molecule has 0 bridgehead atoms. The van der Waals surface area contributed by atoms with Gasteiger partial charge in [0.1, 0.15) is 17.3 Å². The van der Waals surface area contributed by atoms with Crippen LogP contribution < -0.4 is 10.2 Å². The molecule has 4 heterocycles. The molecule has 0 unspecified atom stereocenters. The second-order valence-corrected chi connectivity index (χ2v) is 8.04. The van der Waals surface area contributed by atoms with E-state index in [2.05, 4.69) is 27.1 Å². The zero-order chi connectivity index (χ0) is 20.7. The van der Waals surface area contributed by atoms with Crippen LogP contribution in [0.3, 0.4) is 0 Å². The van der Waals surface area contributed by atoms with Crippen LogP contribution in [0.5, 0.6) is 0 Å². The highest BCUT2D eigenvalue weighted by molar-refractivity contribution is 6.36. The van der Waals surface area contributed by atoms with Crippen LogP contribution in [0.4, 0.5) is 11.5 Å². The molecular weight excluding hydrogens is 400 g/mol. The predicted molar refractivity (Wildman–Crippen MR) is 120 cm³/mol. The lowest BCUT2D eigenvalue weighted by Gasteiger charge is -2.33. The average molecular weight is 421 g/mol. The average Bonchev–Trinajstić information content (AvgIpc) is 3.34. The van der Waals surface area contributed by atoms with Crippen molar-refractivity contribution in [2.75, 3.05) is 43.4 Å². The molecule has 6 nitrogen and oxygen atoms in total. The van der Waals surface area contributed by atoms with Crippen LogP contribution in [0.2, 0.25) is 5.02 Å². The van der Waals surface area contributed by atoms with Crippen molar-refractivity contribution in [2.45, 2.75) is 0 Å². The number of fused-ring (bicyclic) bond motifs is 1. The Bertz CT molecular complexity index is 1130. The molecule has 1 N–H and O–H groups in total. The van der Waals surface area contributed by atoms with E-state index in [1.165, 1.54) is 0 Å². The topological polar surface area (TPSA) is 61.6 Å². The number of anilines is 2. The number of halogens is 1. The molecule has 0 atom stereocenters. The zero-order valence-corrected chi connectivity index (χ0v) is 17.3. The lowest BCUT2D eigenvalue weighted by molar-refractivity contribution is -0.110. The Kier molecular flexibility index (Phi) is 4.81. The second kappa shape index (κ2) is 7.63. The zero-order valence-electron chi connectivity index (χ0n) is 16.6. The van der Waals surface area contributed by atoms with Crippen LogP contribution in [0, 0.1) is 0 Å². The third kappa shape index (κ3) is 3.60. The summed E-state index contributed by atoms with van der Waals surface area (Å²) in [5.41, 5.74) is 2.98. The molecule has 3 aromatic rings. The molecular formula is C23H21ClN4O2. The number of hydrogen-bond acceptors (Lipinski definition) is 5. The summed E-state index contributed by atoms with van der Waals surface area (Å²) >= 11 is 6.10. The Hall–Kier alpha value is -3.09. The molecule has 5 rings (SSSR count). The Balaban J connectivity index is 1.37. The van der Waals surface area contributed by atoms with Crippen molar-refractivity contribution >= 4 is 40.7 Å². The SMILES string of the molecule is CN1CCN(c2ccc(-c3ccc(C=C4C(=O)Nc5ccc(Cl)cc54)o3)cn2)CC1. The number of amides is 1. The monoisotopic (exact) mass is 420 g/mol. The summed E-state index contributed by atoms with van der Waals surface area (Å²) < 4.78 is 5.98. The number of carbonyl (C=O) groups is 1. The highest BCUT2D eigenvalue weighted by Crippen LogP contribution is 2.35. The molecule has 2 aromatic heterocycles. The van der Waals surface area contributed by atoms with Gasteiger partial charge in [0.05, 0.1) is 5.57 Å². The van der Waals surface area contributed by atoms with E-state index in [-0.39, 0.29) is 5.91 Å². The van der Waals surface area contributed by atoms with E-state index in [0.29, 0.717) is 22.1 Å². The number of furan rings is 1. The summed E-state index contributed by atoms with van der Waals surface area (Å²) in [5.74, 6) is 2.13. The molecule has 1 fully saturated rings. The number of pyridine rings is 1. The number of rotatable bonds is 3. The maximum absolute atomic E-state index is 12.3. The Morgan fingerprint density at radius 2 is 1.93 bits per heavy atom. The molecule has 1 aromatic carbocycles. The molecule has 0 aliphatic carbocycles. The van der Waals surface area contributed by atoms with Crippen LogP contribution in [0.25, 0.3) is 23.0 Å². The number of nitrogens with one attached hydrogen (secondary N) is 1. The van der Waals surface area contributed by atoms with E-state index < -0.39 is 0 Å². The first-order chi connectivity index (χ1) is 14.6. The van der Waals surface area contributed by atoms with Gasteiger partial charge in [-0.25, -0.2) is 4.98 Å². The quantitative estimate of drug-likeness (QED) is 0.642. The Labute approximate surface area is 179 Å². The van der Waals surface area contributed by atoms with Crippen molar-refractivity contribution in [3.63, 3.8) is 0 Å². The van der Waals surface area contributed by atoms with E-state index >= 15 is 0 Å². The number of aromatic nitrogens is 1. The lowest BCUT2D eigenvalue weighted by atomic mass is 10.1. The molecule has 0 saturated carbocycles. The third-order valence-electron chi connectivity index (χ3n) is 5.54. The van der Waals surface area contributed by atoms with Gasteiger partial charge >= 0.3 is 0 Å². The first-order valence-electron chi connectivity index (χ1n) is 9.89. The fraction of sp³-hybridized carbons (Fsp3) is 0.217. The van der Waals surface area contributed by atoms with E-state index in [4.69, 9.17) is 16.0 Å². The van der Waals surface area contributed by atoms with E-state index in [1.807, 2.05) is 30.5 Å². The van der Waals surface area contributed by atoms with Gasteiger partial charge in [-0.05, 0) is 55.6 Å². The Morgan fingerprint density at radius 3 is 2.70 bits per heavy atom. The van der Waals surface area contributed by atoms with Crippen molar-refractivity contribution in [3.8, 4) is 11.3 Å². The number of carbonyl (C=O) groups excluding carboxylic acids is 1. The molecule has 0 radical (unpaired) electrons. The number of hydrogen-bond donors (Lipinski definition) is 1. The first-order valence-corrected chi connectivity index (χ1v) is 10.3. The fourth-order valence-corrected chi connectivity index (χ4v) is 3.96. The molecule has 7 heteroatoms. The molecule has 1 saturated heterocycles. The molecule has 0 spiro atoms. The molecule has 30 heavy (non-hydrogen) atoms. The van der Waals surface area contributed by atoms with Crippen LogP contribution in [0.15, 0.2) is 53.1 Å². The normalized spacial score (nSPS) is 18.0. The summed E-state index contributed by atoms with van der Waals surface area (Å²) in [6, 6.07) is 13.1. The van der Waals surface area contributed by atoms with Crippen LogP contribution in [-0.4, -0.2) is 49.0 Å². The van der Waals surface area contributed by atoms with Crippen LogP contribution in [0.1, 0.15) is 11.3 Å². The van der Waals surface area contributed by atoms with Gasteiger partial charge in [0, 0.05) is 54.2 Å². The maximum Gasteiger partial charge on any atom is 0.256 e. The number of piperazine rings is 1. The van der Waals surface area contributed by atoms with E-state index in [1.54, 1.807) is 24.3 Å². The smallest absolute Gasteiger partial charge is 0.256 e. The minimum absolute atomic E-state index is 0.164. The highest BCUT2D eigenvalue weighted by Gasteiger charge is 2.24. The van der Waals surface area contributed by atoms with E-state index in [0.717, 1.165) is 48.8 Å². The van der Waals surface area contributed by atoms with Gasteiger partial charge in [0.2, 0.25) is 0 Å². The predicted octanol–water partition coefficient (Wildman–Crippen LogP) is 4.24. The molecule has 1 amide bonds. The first kappa shape index (κ1) is 18.9. The van der Waals surface area contributed by atoms with Crippen LogP contribution in [-0.2, 0) is 4.79 Å². The van der Waals surface area contributed by atoms with Crippen molar-refractivity contribution in [2.24, 2.45) is 0 Å². The van der Waals surface area contributed by atoms with Gasteiger partial charge in [0.25, 0.3) is 5.91 Å². The van der Waals surface area contributed by atoms with Gasteiger partial charge in [-0.1, -0.05) is 11.6 Å². The highest BCUT2D eigenvalue weighted by atomic mass is 35.5. The third-order valence-corrected chi connectivity index (χ3v) is 5.77. The molecule has 2 aliphatic heterocycles. The van der Waals surface area contributed by atoms with Gasteiger partial charge in [0.15, 0.2) is 0 Å². The second-order valence-electron chi connectivity index (χ2n) is 7.60. The minimum Gasteiger partial charge on any atom is -0.457 e. The van der Waals surface area contributed by atoms with Gasteiger partial charge < -0.3 is 19.5 Å². The van der Waals surface area contributed by atoms with Crippen molar-refractivity contribution in [1.82, 2.24) is 9.88 Å².